The van der Waals surface area contributed by atoms with Crippen molar-refractivity contribution in [2.24, 2.45) is 0 Å². The lowest BCUT2D eigenvalue weighted by Gasteiger charge is -2.08. The number of carbonyl (C=O) groups is 1. The molecule has 0 radical (unpaired) electrons. The van der Waals surface area contributed by atoms with Gasteiger partial charge in [0.25, 0.3) is 0 Å². The number of rotatable bonds is 2. The zero-order valence-electron chi connectivity index (χ0n) is 7.75. The van der Waals surface area contributed by atoms with Gasteiger partial charge < -0.3 is 10.1 Å². The van der Waals surface area contributed by atoms with Crippen molar-refractivity contribution in [3.63, 3.8) is 0 Å². The summed E-state index contributed by atoms with van der Waals surface area (Å²) in [5, 5.41) is 7.83. The maximum Gasteiger partial charge on any atom is 0.447 e. The van der Waals surface area contributed by atoms with E-state index in [2.05, 4.69) is 4.98 Å². The Bertz CT molecular complexity index is 483. The third kappa shape index (κ3) is 2.99. The lowest BCUT2D eigenvalue weighted by atomic mass is 10.2. The smallest absolute Gasteiger partial charge is 0.447 e. The molecule has 0 atom stereocenters. The molecule has 1 heterocycles. The molecule has 9 heteroatoms. The first kappa shape index (κ1) is 12.6. The summed E-state index contributed by atoms with van der Waals surface area (Å²) in [6.07, 6.45) is 0. The molecule has 0 unspecified atom stereocenters. The molecule has 0 spiro atoms. The van der Waals surface area contributed by atoms with Crippen LogP contribution in [0.15, 0.2) is 9.82 Å². The molecular formula is C7H5F3N2O3S. The lowest BCUT2D eigenvalue weighted by molar-refractivity contribution is -0.0329. The van der Waals surface area contributed by atoms with E-state index in [9.17, 15) is 22.8 Å². The highest BCUT2D eigenvalue weighted by Gasteiger charge is 2.33. The Morgan fingerprint density at radius 1 is 1.50 bits per heavy atom. The number of hydrogen-bond acceptors (Lipinski definition) is 4. The van der Waals surface area contributed by atoms with Crippen LogP contribution in [-0.4, -0.2) is 26.6 Å². The summed E-state index contributed by atoms with van der Waals surface area (Å²) in [6, 6.07) is 0. The molecule has 5 nitrogen and oxygen atoms in total. The van der Waals surface area contributed by atoms with Gasteiger partial charge in [-0.1, -0.05) is 0 Å². The molecule has 0 saturated carbocycles. The Hall–Kier alpha value is -1.51. The van der Waals surface area contributed by atoms with Crippen LogP contribution in [-0.2, 0) is 0 Å². The van der Waals surface area contributed by atoms with Gasteiger partial charge >= 0.3 is 17.2 Å². The summed E-state index contributed by atoms with van der Waals surface area (Å²) in [6.45, 7) is 1.19. The molecule has 0 amide bonds. The number of alkyl halides is 3. The van der Waals surface area contributed by atoms with Crippen molar-refractivity contribution in [3.8, 4) is 0 Å². The number of halogens is 3. The van der Waals surface area contributed by atoms with Gasteiger partial charge in [0, 0.05) is 17.5 Å². The highest BCUT2D eigenvalue weighted by atomic mass is 32.2. The van der Waals surface area contributed by atoms with Gasteiger partial charge in [-0.25, -0.2) is 9.59 Å². The van der Waals surface area contributed by atoms with E-state index in [-0.39, 0.29) is 5.69 Å². The van der Waals surface area contributed by atoms with Crippen LogP contribution in [0.4, 0.5) is 13.2 Å². The number of aryl methyl sites for hydroxylation is 1. The first-order valence-corrected chi connectivity index (χ1v) is 4.62. The standard InChI is InChI=1S/C7H5F3N2O3S/c1-2-3(5(13)14)4(12-6(15)11-2)16-7(8,9)10/h1H3,(H,13,14)(H,11,12,15). The SMILES string of the molecule is Cc1[nH]c(=O)nc(SC(F)(F)F)c1C(=O)O. The fraction of sp³-hybridized carbons (Fsp3) is 0.286. The van der Waals surface area contributed by atoms with E-state index < -0.39 is 39.5 Å². The topological polar surface area (TPSA) is 83.0 Å². The second-order valence-corrected chi connectivity index (χ2v) is 3.75. The van der Waals surface area contributed by atoms with Crippen LogP contribution in [0.5, 0.6) is 0 Å². The minimum Gasteiger partial charge on any atom is -0.478 e. The number of nitrogens with one attached hydrogen (secondary N) is 1. The Morgan fingerprint density at radius 2 is 2.06 bits per heavy atom. The minimum absolute atomic E-state index is 0.167. The fourth-order valence-corrected chi connectivity index (χ4v) is 1.68. The number of aromatic nitrogens is 2. The Balaban J connectivity index is 3.36. The van der Waals surface area contributed by atoms with Crippen molar-refractivity contribution in [3.05, 3.63) is 21.7 Å². The monoisotopic (exact) mass is 254 g/mol. The van der Waals surface area contributed by atoms with E-state index in [0.717, 1.165) is 0 Å². The van der Waals surface area contributed by atoms with E-state index in [4.69, 9.17) is 5.11 Å². The molecule has 16 heavy (non-hydrogen) atoms. The van der Waals surface area contributed by atoms with Gasteiger partial charge in [0.05, 0.1) is 0 Å². The number of aromatic amines is 1. The van der Waals surface area contributed by atoms with Crippen molar-refractivity contribution in [2.45, 2.75) is 17.5 Å². The number of carboxylic acid groups (broad SMARTS) is 1. The predicted octanol–water partition coefficient (Wildman–Crippen LogP) is 1.39. The van der Waals surface area contributed by atoms with Crippen LogP contribution < -0.4 is 5.69 Å². The number of aromatic carboxylic acids is 1. The molecule has 0 fully saturated rings. The number of carboxylic acids is 1. The molecule has 0 aliphatic rings. The summed E-state index contributed by atoms with van der Waals surface area (Å²) in [4.78, 5) is 26.5. The molecule has 0 aliphatic carbocycles. The van der Waals surface area contributed by atoms with Crippen LogP contribution in [0.2, 0.25) is 0 Å². The Labute approximate surface area is 90.7 Å². The molecular weight excluding hydrogens is 249 g/mol. The quantitative estimate of drug-likeness (QED) is 0.615. The van der Waals surface area contributed by atoms with Crippen molar-refractivity contribution in [2.75, 3.05) is 0 Å². The number of nitrogens with zero attached hydrogens (tertiary/aromatic N) is 1. The second kappa shape index (κ2) is 4.16. The van der Waals surface area contributed by atoms with Crippen molar-refractivity contribution < 1.29 is 23.1 Å². The molecule has 0 bridgehead atoms. The van der Waals surface area contributed by atoms with Crippen LogP contribution in [0.1, 0.15) is 16.1 Å². The largest absolute Gasteiger partial charge is 0.478 e. The average molecular weight is 254 g/mol. The Kier molecular flexibility index (Phi) is 3.27. The van der Waals surface area contributed by atoms with Gasteiger partial charge in [-0.15, -0.1) is 0 Å². The molecule has 88 valence electrons. The summed E-state index contributed by atoms with van der Waals surface area (Å²) in [5.74, 6) is -1.58. The van der Waals surface area contributed by atoms with Gasteiger partial charge in [-0.2, -0.15) is 18.2 Å². The number of thioether (sulfide) groups is 1. The third-order valence-corrected chi connectivity index (χ3v) is 2.23. The van der Waals surface area contributed by atoms with Gasteiger partial charge in [0.1, 0.15) is 10.6 Å². The first-order valence-electron chi connectivity index (χ1n) is 3.80. The van der Waals surface area contributed by atoms with Crippen LogP contribution in [0.3, 0.4) is 0 Å². The van der Waals surface area contributed by atoms with Crippen LogP contribution in [0, 0.1) is 6.92 Å². The summed E-state index contributed by atoms with van der Waals surface area (Å²) in [7, 11) is 0. The summed E-state index contributed by atoms with van der Waals surface area (Å²) < 4.78 is 36.2. The highest BCUT2D eigenvalue weighted by molar-refractivity contribution is 8.00. The molecule has 0 saturated heterocycles. The van der Waals surface area contributed by atoms with E-state index >= 15 is 0 Å². The number of hydrogen-bond donors (Lipinski definition) is 2. The maximum atomic E-state index is 12.1. The summed E-state index contributed by atoms with van der Waals surface area (Å²) >= 11 is -0.728. The second-order valence-electron chi connectivity index (χ2n) is 2.70. The van der Waals surface area contributed by atoms with E-state index in [1.54, 1.807) is 0 Å². The molecule has 1 aromatic rings. The first-order chi connectivity index (χ1) is 7.20. The van der Waals surface area contributed by atoms with Gasteiger partial charge in [0.15, 0.2) is 0 Å². The predicted molar refractivity (Wildman–Crippen MR) is 48.5 cm³/mol. The molecule has 2 N–H and O–H groups in total. The zero-order chi connectivity index (χ0) is 12.5. The van der Waals surface area contributed by atoms with E-state index in [1.165, 1.54) is 6.92 Å². The highest BCUT2D eigenvalue weighted by Crippen LogP contribution is 2.37. The summed E-state index contributed by atoms with van der Waals surface area (Å²) in [5.41, 5.74) is -6.53. The normalized spacial score (nSPS) is 11.5. The van der Waals surface area contributed by atoms with Crippen molar-refractivity contribution >= 4 is 17.7 Å². The van der Waals surface area contributed by atoms with Crippen LogP contribution >= 0.6 is 11.8 Å². The van der Waals surface area contributed by atoms with Gasteiger partial charge in [-0.3, -0.25) is 0 Å². The third-order valence-electron chi connectivity index (χ3n) is 1.51. The van der Waals surface area contributed by atoms with Gasteiger partial charge in [0.2, 0.25) is 0 Å². The van der Waals surface area contributed by atoms with Crippen molar-refractivity contribution in [1.29, 1.82) is 0 Å². The minimum atomic E-state index is -4.70. The van der Waals surface area contributed by atoms with E-state index in [0.29, 0.717) is 0 Å². The van der Waals surface area contributed by atoms with Crippen LogP contribution in [0.25, 0.3) is 0 Å². The van der Waals surface area contributed by atoms with Gasteiger partial charge in [-0.05, 0) is 6.92 Å². The molecule has 1 aromatic heterocycles. The zero-order valence-corrected chi connectivity index (χ0v) is 8.57. The van der Waals surface area contributed by atoms with E-state index in [1.807, 2.05) is 4.98 Å². The average Bonchev–Trinajstić information content (AvgIpc) is 1.96. The number of H-pyrrole nitrogens is 1. The Morgan fingerprint density at radius 3 is 2.50 bits per heavy atom. The molecule has 0 aromatic carbocycles. The maximum absolute atomic E-state index is 12.1. The molecule has 1 rings (SSSR count). The molecule has 0 aliphatic heterocycles. The van der Waals surface area contributed by atoms with Crippen molar-refractivity contribution in [1.82, 2.24) is 9.97 Å². The fourth-order valence-electron chi connectivity index (χ4n) is 0.995. The lowest BCUT2D eigenvalue weighted by Crippen LogP contribution is -2.19.